The summed E-state index contributed by atoms with van der Waals surface area (Å²) in [6.07, 6.45) is 0.939. The third-order valence-electron chi connectivity index (χ3n) is 2.98. The van der Waals surface area contributed by atoms with Crippen LogP contribution in [-0.2, 0) is 6.42 Å². The minimum atomic E-state index is -0.203. The van der Waals surface area contributed by atoms with E-state index in [0.29, 0.717) is 0 Å². The molecule has 0 heterocycles. The van der Waals surface area contributed by atoms with E-state index >= 15 is 0 Å². The third-order valence-corrected chi connectivity index (χ3v) is 2.98. The number of benzene rings is 2. The molecular formula is C15H17FN2. The van der Waals surface area contributed by atoms with Crippen molar-refractivity contribution in [3.8, 4) is 0 Å². The fourth-order valence-corrected chi connectivity index (χ4v) is 1.81. The molecule has 0 amide bonds. The van der Waals surface area contributed by atoms with Gasteiger partial charge in [0.15, 0.2) is 0 Å². The molecule has 0 aliphatic carbocycles. The van der Waals surface area contributed by atoms with Crippen molar-refractivity contribution in [2.75, 3.05) is 24.2 Å². The minimum absolute atomic E-state index is 0.203. The van der Waals surface area contributed by atoms with Crippen LogP contribution in [0.4, 0.5) is 15.8 Å². The number of anilines is 2. The maximum absolute atomic E-state index is 12.8. The molecule has 0 radical (unpaired) electrons. The van der Waals surface area contributed by atoms with Crippen molar-refractivity contribution in [1.29, 1.82) is 0 Å². The zero-order valence-electron chi connectivity index (χ0n) is 10.4. The molecule has 2 nitrogen and oxygen atoms in total. The predicted octanol–water partition coefficient (Wildman–Crippen LogP) is 3.09. The second kappa shape index (κ2) is 5.54. The smallest absolute Gasteiger partial charge is 0.123 e. The summed E-state index contributed by atoms with van der Waals surface area (Å²) in [6.45, 7) is 0.884. The van der Waals surface area contributed by atoms with Crippen LogP contribution in [0.3, 0.4) is 0 Å². The lowest BCUT2D eigenvalue weighted by Crippen LogP contribution is -2.20. The lowest BCUT2D eigenvalue weighted by atomic mass is 10.1. The van der Waals surface area contributed by atoms with E-state index in [1.165, 1.54) is 17.7 Å². The van der Waals surface area contributed by atoms with Gasteiger partial charge in [0, 0.05) is 25.0 Å². The molecule has 0 atom stereocenters. The molecule has 2 rings (SSSR count). The van der Waals surface area contributed by atoms with Gasteiger partial charge in [-0.2, -0.15) is 0 Å². The number of nitrogens with zero attached hydrogens (tertiary/aromatic N) is 1. The van der Waals surface area contributed by atoms with Crippen molar-refractivity contribution in [3.05, 3.63) is 59.9 Å². The number of hydrogen-bond donors (Lipinski definition) is 1. The fraction of sp³-hybridized carbons (Fsp3) is 0.200. The van der Waals surface area contributed by atoms with E-state index in [4.69, 9.17) is 5.73 Å². The van der Waals surface area contributed by atoms with Gasteiger partial charge in [-0.25, -0.2) is 4.39 Å². The first-order chi connectivity index (χ1) is 8.65. The van der Waals surface area contributed by atoms with E-state index in [2.05, 4.69) is 4.90 Å². The highest BCUT2D eigenvalue weighted by Crippen LogP contribution is 2.14. The van der Waals surface area contributed by atoms with Crippen LogP contribution >= 0.6 is 0 Å². The second-order valence-corrected chi connectivity index (χ2v) is 4.39. The van der Waals surface area contributed by atoms with Gasteiger partial charge in [0.2, 0.25) is 0 Å². The van der Waals surface area contributed by atoms with Crippen molar-refractivity contribution >= 4 is 11.4 Å². The molecule has 0 spiro atoms. The zero-order chi connectivity index (χ0) is 13.0. The van der Waals surface area contributed by atoms with E-state index in [1.54, 1.807) is 12.1 Å². The Kier molecular flexibility index (Phi) is 3.82. The Morgan fingerprint density at radius 2 is 1.61 bits per heavy atom. The van der Waals surface area contributed by atoms with Crippen molar-refractivity contribution in [2.45, 2.75) is 6.42 Å². The summed E-state index contributed by atoms with van der Waals surface area (Å²) in [7, 11) is 2.00. The van der Waals surface area contributed by atoms with Crippen molar-refractivity contribution in [1.82, 2.24) is 0 Å². The van der Waals surface area contributed by atoms with Gasteiger partial charge in [0.05, 0.1) is 0 Å². The van der Waals surface area contributed by atoms with Crippen LogP contribution in [0.15, 0.2) is 48.5 Å². The first-order valence-electron chi connectivity index (χ1n) is 5.96. The normalized spacial score (nSPS) is 10.3. The van der Waals surface area contributed by atoms with Gasteiger partial charge in [-0.15, -0.1) is 0 Å². The van der Waals surface area contributed by atoms with Gasteiger partial charge in [0.25, 0.3) is 0 Å². The molecule has 2 N–H and O–H groups in total. The Morgan fingerprint density at radius 3 is 2.22 bits per heavy atom. The molecule has 0 saturated heterocycles. The van der Waals surface area contributed by atoms with Crippen LogP contribution in [0.25, 0.3) is 0 Å². The summed E-state index contributed by atoms with van der Waals surface area (Å²) in [5.41, 5.74) is 8.69. The van der Waals surface area contributed by atoms with Crippen LogP contribution in [0.2, 0.25) is 0 Å². The molecule has 18 heavy (non-hydrogen) atoms. The summed E-state index contributed by atoms with van der Waals surface area (Å²) in [5, 5.41) is 0. The second-order valence-electron chi connectivity index (χ2n) is 4.39. The molecule has 0 fully saturated rings. The number of halogens is 1. The molecule has 3 heteroatoms. The average molecular weight is 244 g/mol. The fourth-order valence-electron chi connectivity index (χ4n) is 1.81. The molecule has 2 aromatic carbocycles. The van der Waals surface area contributed by atoms with Gasteiger partial charge in [0.1, 0.15) is 5.82 Å². The largest absolute Gasteiger partial charge is 0.399 e. The third kappa shape index (κ3) is 3.23. The van der Waals surface area contributed by atoms with Crippen LogP contribution in [0.5, 0.6) is 0 Å². The standard InChI is InChI=1S/C15H17FN2/c1-18(15-8-4-13(16)5-9-15)11-10-12-2-6-14(17)7-3-12/h2-9H,10-11,17H2,1H3. The number of likely N-dealkylation sites (N-methyl/N-ethyl adjacent to an activating group) is 1. The Morgan fingerprint density at radius 1 is 1.00 bits per heavy atom. The zero-order valence-corrected chi connectivity index (χ0v) is 10.4. The molecule has 0 aromatic heterocycles. The Bertz CT molecular complexity index is 491. The highest BCUT2D eigenvalue weighted by molar-refractivity contribution is 5.45. The molecule has 0 aliphatic rings. The summed E-state index contributed by atoms with van der Waals surface area (Å²) < 4.78 is 12.8. The van der Waals surface area contributed by atoms with E-state index < -0.39 is 0 Å². The highest BCUT2D eigenvalue weighted by atomic mass is 19.1. The quantitative estimate of drug-likeness (QED) is 0.837. The van der Waals surface area contributed by atoms with Gasteiger partial charge >= 0.3 is 0 Å². The number of hydrogen-bond acceptors (Lipinski definition) is 2. The molecule has 94 valence electrons. The minimum Gasteiger partial charge on any atom is -0.399 e. The number of nitrogens with two attached hydrogens (primary N) is 1. The highest BCUT2D eigenvalue weighted by Gasteiger charge is 2.01. The Labute approximate surface area is 107 Å². The van der Waals surface area contributed by atoms with E-state index in [1.807, 2.05) is 31.3 Å². The van der Waals surface area contributed by atoms with E-state index in [9.17, 15) is 4.39 Å². The molecule has 2 aromatic rings. The summed E-state index contributed by atoms with van der Waals surface area (Å²) in [5.74, 6) is -0.203. The van der Waals surface area contributed by atoms with Crippen molar-refractivity contribution in [3.63, 3.8) is 0 Å². The number of rotatable bonds is 4. The Hall–Kier alpha value is -2.03. The monoisotopic (exact) mass is 244 g/mol. The molecule has 0 bridgehead atoms. The SMILES string of the molecule is CN(CCc1ccc(N)cc1)c1ccc(F)cc1. The van der Waals surface area contributed by atoms with Gasteiger partial charge < -0.3 is 10.6 Å². The summed E-state index contributed by atoms with van der Waals surface area (Å²) in [6, 6.07) is 14.4. The van der Waals surface area contributed by atoms with Crippen molar-refractivity contribution < 1.29 is 4.39 Å². The molecule has 0 unspecified atom stereocenters. The molecule has 0 saturated carbocycles. The van der Waals surface area contributed by atoms with Gasteiger partial charge in [-0.3, -0.25) is 0 Å². The average Bonchev–Trinajstić information content (AvgIpc) is 2.38. The first-order valence-corrected chi connectivity index (χ1v) is 5.96. The predicted molar refractivity (Wildman–Crippen MR) is 74.2 cm³/mol. The maximum atomic E-state index is 12.8. The van der Waals surface area contributed by atoms with Crippen LogP contribution in [0.1, 0.15) is 5.56 Å². The maximum Gasteiger partial charge on any atom is 0.123 e. The van der Waals surface area contributed by atoms with Crippen LogP contribution in [0, 0.1) is 5.82 Å². The lowest BCUT2D eigenvalue weighted by molar-refractivity contribution is 0.627. The number of nitrogen functional groups attached to an aromatic ring is 1. The molecule has 0 aliphatic heterocycles. The Balaban J connectivity index is 1.93. The molecular weight excluding hydrogens is 227 g/mol. The lowest BCUT2D eigenvalue weighted by Gasteiger charge is -2.19. The van der Waals surface area contributed by atoms with E-state index in [-0.39, 0.29) is 5.82 Å². The summed E-state index contributed by atoms with van der Waals surface area (Å²) >= 11 is 0. The van der Waals surface area contributed by atoms with Crippen LogP contribution < -0.4 is 10.6 Å². The van der Waals surface area contributed by atoms with E-state index in [0.717, 1.165) is 24.3 Å². The van der Waals surface area contributed by atoms with Gasteiger partial charge in [-0.1, -0.05) is 12.1 Å². The summed E-state index contributed by atoms with van der Waals surface area (Å²) in [4.78, 5) is 2.11. The van der Waals surface area contributed by atoms with Gasteiger partial charge in [-0.05, 0) is 48.4 Å². The first kappa shape index (κ1) is 12.4. The topological polar surface area (TPSA) is 29.3 Å². The van der Waals surface area contributed by atoms with Crippen molar-refractivity contribution in [2.24, 2.45) is 0 Å². The van der Waals surface area contributed by atoms with Crippen LogP contribution in [-0.4, -0.2) is 13.6 Å².